The van der Waals surface area contributed by atoms with Gasteiger partial charge in [-0.15, -0.1) is 11.6 Å². The molecule has 0 saturated carbocycles. The molecule has 1 rings (SSSR count). The number of methoxy groups -OCH3 is 1. The fourth-order valence-electron chi connectivity index (χ4n) is 1.68. The molecule has 78 valence electrons. The van der Waals surface area contributed by atoms with Crippen LogP contribution in [0.15, 0.2) is 24.3 Å². The van der Waals surface area contributed by atoms with Crippen LogP contribution < -0.4 is 4.74 Å². The van der Waals surface area contributed by atoms with Gasteiger partial charge in [0.1, 0.15) is 5.75 Å². The summed E-state index contributed by atoms with van der Waals surface area (Å²) < 4.78 is 5.11. The van der Waals surface area contributed by atoms with Crippen LogP contribution in [0.2, 0.25) is 0 Å². The second-order valence-electron chi connectivity index (χ2n) is 3.47. The lowest BCUT2D eigenvalue weighted by atomic mass is 9.94. The Bertz CT molecular complexity index is 266. The highest BCUT2D eigenvalue weighted by Crippen LogP contribution is 2.27. The molecular formula is C12H17ClO. The van der Waals surface area contributed by atoms with Gasteiger partial charge in [-0.25, -0.2) is 0 Å². The van der Waals surface area contributed by atoms with E-state index in [0.717, 1.165) is 12.2 Å². The van der Waals surface area contributed by atoms with Gasteiger partial charge in [0.25, 0.3) is 0 Å². The van der Waals surface area contributed by atoms with Gasteiger partial charge < -0.3 is 4.74 Å². The van der Waals surface area contributed by atoms with Crippen LogP contribution in [0.3, 0.4) is 0 Å². The fraction of sp³-hybridized carbons (Fsp3) is 0.500. The summed E-state index contributed by atoms with van der Waals surface area (Å²) in [6, 6.07) is 8.15. The van der Waals surface area contributed by atoms with Crippen LogP contribution in [-0.4, -0.2) is 12.5 Å². The first-order valence-electron chi connectivity index (χ1n) is 4.97. The Morgan fingerprint density at radius 1 is 1.29 bits per heavy atom. The highest BCUT2D eigenvalue weighted by molar-refractivity contribution is 6.20. The van der Waals surface area contributed by atoms with Crippen molar-refractivity contribution in [3.63, 3.8) is 0 Å². The van der Waals surface area contributed by atoms with E-state index in [2.05, 4.69) is 19.1 Å². The number of benzene rings is 1. The van der Waals surface area contributed by atoms with Crippen LogP contribution >= 0.6 is 11.6 Å². The number of ether oxygens (including phenoxy) is 1. The minimum Gasteiger partial charge on any atom is -0.497 e. The molecular weight excluding hydrogens is 196 g/mol. The van der Waals surface area contributed by atoms with E-state index in [1.807, 2.05) is 19.1 Å². The maximum Gasteiger partial charge on any atom is 0.118 e. The number of alkyl halides is 1. The predicted molar refractivity (Wildman–Crippen MR) is 61.3 cm³/mol. The number of hydrogen-bond donors (Lipinski definition) is 0. The van der Waals surface area contributed by atoms with E-state index < -0.39 is 0 Å². The van der Waals surface area contributed by atoms with Crippen LogP contribution in [0, 0.1) is 0 Å². The summed E-state index contributed by atoms with van der Waals surface area (Å²) in [6.07, 6.45) is 1.07. The third kappa shape index (κ3) is 2.65. The van der Waals surface area contributed by atoms with E-state index in [0.29, 0.717) is 5.92 Å². The Morgan fingerprint density at radius 2 is 1.86 bits per heavy atom. The first-order chi connectivity index (χ1) is 6.69. The second-order valence-corrected chi connectivity index (χ2v) is 4.15. The molecule has 0 N–H and O–H groups in total. The summed E-state index contributed by atoms with van der Waals surface area (Å²) >= 11 is 6.12. The summed E-state index contributed by atoms with van der Waals surface area (Å²) in [6.45, 7) is 4.20. The lowest BCUT2D eigenvalue weighted by molar-refractivity contribution is 0.414. The van der Waals surface area contributed by atoms with E-state index in [1.165, 1.54) is 5.56 Å². The standard InChI is InChI=1S/C12H17ClO/c1-4-12(9(2)13)10-5-7-11(14-3)8-6-10/h5-9,12H,4H2,1-3H3. The number of hydrogen-bond acceptors (Lipinski definition) is 1. The Morgan fingerprint density at radius 3 is 2.21 bits per heavy atom. The third-order valence-electron chi connectivity index (χ3n) is 2.54. The van der Waals surface area contributed by atoms with Crippen molar-refractivity contribution in [3.05, 3.63) is 29.8 Å². The van der Waals surface area contributed by atoms with Gasteiger partial charge in [-0.1, -0.05) is 19.1 Å². The van der Waals surface area contributed by atoms with Crippen LogP contribution in [-0.2, 0) is 0 Å². The molecule has 1 aromatic carbocycles. The van der Waals surface area contributed by atoms with Crippen molar-refractivity contribution in [2.75, 3.05) is 7.11 Å². The van der Waals surface area contributed by atoms with Crippen molar-refractivity contribution in [3.8, 4) is 5.75 Å². The summed E-state index contributed by atoms with van der Waals surface area (Å²) in [5.74, 6) is 1.33. The lowest BCUT2D eigenvalue weighted by Gasteiger charge is -2.17. The van der Waals surface area contributed by atoms with Crippen molar-refractivity contribution in [1.29, 1.82) is 0 Å². The normalized spacial score (nSPS) is 14.9. The van der Waals surface area contributed by atoms with E-state index >= 15 is 0 Å². The molecule has 0 aliphatic rings. The number of rotatable bonds is 4. The van der Waals surface area contributed by atoms with Gasteiger partial charge in [0.05, 0.1) is 7.11 Å². The SMILES string of the molecule is CCC(c1ccc(OC)cc1)C(C)Cl. The third-order valence-corrected chi connectivity index (χ3v) is 2.84. The van der Waals surface area contributed by atoms with Crippen LogP contribution in [0.4, 0.5) is 0 Å². The molecule has 2 heteroatoms. The van der Waals surface area contributed by atoms with Crippen molar-refractivity contribution in [2.24, 2.45) is 0 Å². The second kappa shape index (κ2) is 5.26. The zero-order valence-electron chi connectivity index (χ0n) is 8.96. The summed E-state index contributed by atoms with van der Waals surface area (Å²) in [4.78, 5) is 0. The molecule has 1 nitrogen and oxygen atoms in total. The molecule has 0 aromatic heterocycles. The highest BCUT2D eigenvalue weighted by atomic mass is 35.5. The van der Waals surface area contributed by atoms with Crippen LogP contribution in [0.5, 0.6) is 5.75 Å². The quantitative estimate of drug-likeness (QED) is 0.690. The smallest absolute Gasteiger partial charge is 0.118 e. The Hall–Kier alpha value is -0.690. The van der Waals surface area contributed by atoms with Crippen molar-refractivity contribution in [2.45, 2.75) is 31.6 Å². The number of halogens is 1. The largest absolute Gasteiger partial charge is 0.497 e. The Labute approximate surface area is 91.0 Å². The minimum absolute atomic E-state index is 0.174. The molecule has 0 spiro atoms. The monoisotopic (exact) mass is 212 g/mol. The molecule has 0 bridgehead atoms. The summed E-state index contributed by atoms with van der Waals surface area (Å²) in [5.41, 5.74) is 1.29. The maximum atomic E-state index is 6.12. The van der Waals surface area contributed by atoms with E-state index in [1.54, 1.807) is 7.11 Å². The average Bonchev–Trinajstić information content (AvgIpc) is 2.19. The summed E-state index contributed by atoms with van der Waals surface area (Å²) in [7, 11) is 1.68. The molecule has 2 atom stereocenters. The fourth-order valence-corrected chi connectivity index (χ4v) is 2.00. The van der Waals surface area contributed by atoms with E-state index in [4.69, 9.17) is 16.3 Å². The zero-order valence-corrected chi connectivity index (χ0v) is 9.71. The van der Waals surface area contributed by atoms with Gasteiger partial charge in [-0.3, -0.25) is 0 Å². The van der Waals surface area contributed by atoms with Gasteiger partial charge in [-0.2, -0.15) is 0 Å². The molecule has 0 amide bonds. The van der Waals surface area contributed by atoms with Crippen molar-refractivity contribution < 1.29 is 4.74 Å². The average molecular weight is 213 g/mol. The minimum atomic E-state index is 0.174. The van der Waals surface area contributed by atoms with Gasteiger partial charge in [0.2, 0.25) is 0 Å². The lowest BCUT2D eigenvalue weighted by Crippen LogP contribution is -2.07. The van der Waals surface area contributed by atoms with Gasteiger partial charge in [0, 0.05) is 5.38 Å². The van der Waals surface area contributed by atoms with Crippen LogP contribution in [0.25, 0.3) is 0 Å². The molecule has 0 radical (unpaired) electrons. The molecule has 0 saturated heterocycles. The Balaban J connectivity index is 2.84. The highest BCUT2D eigenvalue weighted by Gasteiger charge is 2.14. The van der Waals surface area contributed by atoms with E-state index in [-0.39, 0.29) is 5.38 Å². The summed E-state index contributed by atoms with van der Waals surface area (Å²) in [5, 5.41) is 0.174. The first kappa shape index (κ1) is 11.4. The van der Waals surface area contributed by atoms with E-state index in [9.17, 15) is 0 Å². The topological polar surface area (TPSA) is 9.23 Å². The Kier molecular flexibility index (Phi) is 4.27. The van der Waals surface area contributed by atoms with Gasteiger partial charge in [0.15, 0.2) is 0 Å². The first-order valence-corrected chi connectivity index (χ1v) is 5.40. The zero-order chi connectivity index (χ0) is 10.6. The predicted octanol–water partition coefficient (Wildman–Crippen LogP) is 3.82. The van der Waals surface area contributed by atoms with Crippen molar-refractivity contribution >= 4 is 11.6 Å². The molecule has 1 aromatic rings. The molecule has 0 aliphatic carbocycles. The molecule has 0 heterocycles. The van der Waals surface area contributed by atoms with Crippen LogP contribution in [0.1, 0.15) is 31.7 Å². The van der Waals surface area contributed by atoms with Crippen molar-refractivity contribution in [1.82, 2.24) is 0 Å². The molecule has 0 aliphatic heterocycles. The molecule has 0 fully saturated rings. The maximum absolute atomic E-state index is 6.12. The molecule has 2 unspecified atom stereocenters. The molecule has 14 heavy (non-hydrogen) atoms. The van der Waals surface area contributed by atoms with Gasteiger partial charge in [-0.05, 0) is 37.0 Å². The van der Waals surface area contributed by atoms with Gasteiger partial charge >= 0.3 is 0 Å².